The number of aliphatic hydroxyl groups is 1. The second-order valence-corrected chi connectivity index (χ2v) is 5.96. The number of hydrogen-bond acceptors (Lipinski definition) is 2. The molecule has 0 amide bonds. The number of aliphatic hydroxyl groups excluding tert-OH is 1. The zero-order chi connectivity index (χ0) is 12.8. The molecule has 2 nitrogen and oxygen atoms in total. The zero-order valence-corrected chi connectivity index (χ0v) is 11.7. The molecule has 0 heterocycles. The summed E-state index contributed by atoms with van der Waals surface area (Å²) >= 11 is 0. The molecule has 1 saturated carbocycles. The molecule has 0 saturated heterocycles. The van der Waals surface area contributed by atoms with Gasteiger partial charge in [-0.25, -0.2) is 0 Å². The summed E-state index contributed by atoms with van der Waals surface area (Å²) in [6.07, 6.45) is 12.9. The first-order valence-electron chi connectivity index (χ1n) is 7.73. The molecule has 4 atom stereocenters. The fourth-order valence-corrected chi connectivity index (χ4v) is 3.55. The molecule has 2 rings (SSSR count). The monoisotopic (exact) mass is 252 g/mol. The maximum Gasteiger partial charge on any atom is 0.0541 e. The molecule has 0 aromatic carbocycles. The first-order valence-corrected chi connectivity index (χ1v) is 7.73. The summed E-state index contributed by atoms with van der Waals surface area (Å²) in [7, 11) is 0. The normalized spacial score (nSPS) is 31.1. The van der Waals surface area contributed by atoms with Crippen molar-refractivity contribution >= 4 is 0 Å². The van der Waals surface area contributed by atoms with Crippen LogP contribution >= 0.6 is 0 Å². The van der Waals surface area contributed by atoms with Gasteiger partial charge in [0.2, 0.25) is 0 Å². The summed E-state index contributed by atoms with van der Waals surface area (Å²) in [4.78, 5) is 0. The molecule has 1 fully saturated rings. The summed E-state index contributed by atoms with van der Waals surface area (Å²) in [6.45, 7) is 3.60. The van der Waals surface area contributed by atoms with Crippen LogP contribution in [0.25, 0.3) is 0 Å². The van der Waals surface area contributed by atoms with Crippen LogP contribution in [0.5, 0.6) is 0 Å². The molecule has 1 N–H and O–H groups in total. The van der Waals surface area contributed by atoms with Gasteiger partial charge in [-0.1, -0.05) is 18.6 Å². The lowest BCUT2D eigenvalue weighted by Crippen LogP contribution is -2.11. The summed E-state index contributed by atoms with van der Waals surface area (Å²) in [5.41, 5.74) is 0. The molecule has 2 heteroatoms. The maximum absolute atomic E-state index is 9.88. The van der Waals surface area contributed by atoms with Crippen LogP contribution in [0.1, 0.15) is 51.9 Å². The van der Waals surface area contributed by atoms with E-state index in [2.05, 4.69) is 12.2 Å². The molecule has 2 aliphatic carbocycles. The van der Waals surface area contributed by atoms with E-state index in [0.29, 0.717) is 0 Å². The summed E-state index contributed by atoms with van der Waals surface area (Å²) in [5.74, 6) is 2.66. The van der Waals surface area contributed by atoms with E-state index in [0.717, 1.165) is 50.2 Å². The van der Waals surface area contributed by atoms with E-state index in [1.54, 1.807) is 0 Å². The van der Waals surface area contributed by atoms with Gasteiger partial charge in [0, 0.05) is 13.2 Å². The molecule has 0 aliphatic heterocycles. The topological polar surface area (TPSA) is 29.5 Å². The second-order valence-electron chi connectivity index (χ2n) is 5.96. The molecule has 0 spiro atoms. The smallest absolute Gasteiger partial charge is 0.0541 e. The van der Waals surface area contributed by atoms with E-state index in [1.165, 1.54) is 25.7 Å². The predicted molar refractivity (Wildman–Crippen MR) is 74.4 cm³/mol. The Bertz CT molecular complexity index is 262. The van der Waals surface area contributed by atoms with Gasteiger partial charge in [-0.15, -0.1) is 0 Å². The minimum Gasteiger partial charge on any atom is -0.393 e. The van der Waals surface area contributed by atoms with E-state index in [-0.39, 0.29) is 6.10 Å². The van der Waals surface area contributed by atoms with Crippen LogP contribution in [-0.2, 0) is 4.74 Å². The van der Waals surface area contributed by atoms with Crippen molar-refractivity contribution in [2.45, 2.75) is 58.0 Å². The van der Waals surface area contributed by atoms with Gasteiger partial charge >= 0.3 is 0 Å². The van der Waals surface area contributed by atoms with Gasteiger partial charge < -0.3 is 9.84 Å². The third-order valence-corrected chi connectivity index (χ3v) is 4.56. The summed E-state index contributed by atoms with van der Waals surface area (Å²) in [6, 6.07) is 0. The second kappa shape index (κ2) is 7.30. The Labute approximate surface area is 111 Å². The number of allylic oxidation sites excluding steroid dienone is 2. The van der Waals surface area contributed by atoms with Crippen molar-refractivity contribution in [2.75, 3.05) is 13.2 Å². The zero-order valence-electron chi connectivity index (χ0n) is 11.7. The third kappa shape index (κ3) is 4.10. The quantitative estimate of drug-likeness (QED) is 0.502. The highest BCUT2D eigenvalue weighted by molar-refractivity contribution is 5.09. The minimum atomic E-state index is -0.111. The lowest BCUT2D eigenvalue weighted by Gasteiger charge is -2.18. The average Bonchev–Trinajstić information content (AvgIpc) is 2.97. The van der Waals surface area contributed by atoms with Gasteiger partial charge in [0.1, 0.15) is 0 Å². The molecule has 2 aliphatic rings. The standard InChI is InChI=1S/C16H28O2/c1-2-18-10-4-7-16(17)6-3-5-14-11-13-8-9-15(14)12-13/h8-9,13-17H,2-7,10-12H2,1H3. The largest absolute Gasteiger partial charge is 0.393 e. The molecule has 4 unspecified atom stereocenters. The van der Waals surface area contributed by atoms with E-state index in [4.69, 9.17) is 4.74 Å². The lowest BCUT2D eigenvalue weighted by atomic mass is 9.88. The number of ether oxygens (including phenoxy) is 1. The Morgan fingerprint density at radius 3 is 2.72 bits per heavy atom. The van der Waals surface area contributed by atoms with E-state index < -0.39 is 0 Å². The summed E-state index contributed by atoms with van der Waals surface area (Å²) in [5, 5.41) is 9.88. The SMILES string of the molecule is CCOCCCC(O)CCCC1CC2C=CC1C2. The van der Waals surface area contributed by atoms with Gasteiger partial charge in [-0.2, -0.15) is 0 Å². The van der Waals surface area contributed by atoms with Gasteiger partial charge in [-0.3, -0.25) is 0 Å². The molecule has 0 aromatic rings. The molecule has 104 valence electrons. The number of hydrogen-bond donors (Lipinski definition) is 1. The van der Waals surface area contributed by atoms with Crippen molar-refractivity contribution < 1.29 is 9.84 Å². The highest BCUT2D eigenvalue weighted by Gasteiger charge is 2.34. The first-order chi connectivity index (χ1) is 8.79. The van der Waals surface area contributed by atoms with Crippen LogP contribution in [0.4, 0.5) is 0 Å². The molecular formula is C16H28O2. The maximum atomic E-state index is 9.88. The van der Waals surface area contributed by atoms with Crippen molar-refractivity contribution in [3.05, 3.63) is 12.2 Å². The molecule has 2 bridgehead atoms. The molecule has 0 radical (unpaired) electrons. The number of rotatable bonds is 9. The average molecular weight is 252 g/mol. The van der Waals surface area contributed by atoms with E-state index in [9.17, 15) is 5.11 Å². The fraction of sp³-hybridized carbons (Fsp3) is 0.875. The fourth-order valence-electron chi connectivity index (χ4n) is 3.55. The number of fused-ring (bicyclic) bond motifs is 2. The minimum absolute atomic E-state index is 0.111. The van der Waals surface area contributed by atoms with Gasteiger partial charge in [0.25, 0.3) is 0 Å². The van der Waals surface area contributed by atoms with Crippen LogP contribution in [0.3, 0.4) is 0 Å². The molecule has 0 aromatic heterocycles. The van der Waals surface area contributed by atoms with Crippen LogP contribution in [0.2, 0.25) is 0 Å². The summed E-state index contributed by atoms with van der Waals surface area (Å²) < 4.78 is 5.28. The highest BCUT2D eigenvalue weighted by atomic mass is 16.5. The van der Waals surface area contributed by atoms with Crippen molar-refractivity contribution in [2.24, 2.45) is 17.8 Å². The first kappa shape index (κ1) is 14.1. The van der Waals surface area contributed by atoms with Crippen molar-refractivity contribution in [3.63, 3.8) is 0 Å². The third-order valence-electron chi connectivity index (χ3n) is 4.56. The van der Waals surface area contributed by atoms with Gasteiger partial charge in [-0.05, 0) is 63.2 Å². The molecule has 18 heavy (non-hydrogen) atoms. The van der Waals surface area contributed by atoms with E-state index in [1.807, 2.05) is 6.92 Å². The van der Waals surface area contributed by atoms with Crippen LogP contribution in [0.15, 0.2) is 12.2 Å². The van der Waals surface area contributed by atoms with Gasteiger partial charge in [0.05, 0.1) is 6.10 Å². The van der Waals surface area contributed by atoms with Crippen LogP contribution in [0, 0.1) is 17.8 Å². The Balaban J connectivity index is 1.49. The van der Waals surface area contributed by atoms with Crippen LogP contribution < -0.4 is 0 Å². The Hall–Kier alpha value is -0.340. The Morgan fingerprint density at radius 2 is 2.06 bits per heavy atom. The highest BCUT2D eigenvalue weighted by Crippen LogP contribution is 2.45. The molecular weight excluding hydrogens is 224 g/mol. The van der Waals surface area contributed by atoms with Crippen molar-refractivity contribution in [3.8, 4) is 0 Å². The van der Waals surface area contributed by atoms with Crippen LogP contribution in [-0.4, -0.2) is 24.4 Å². The van der Waals surface area contributed by atoms with E-state index >= 15 is 0 Å². The Morgan fingerprint density at radius 1 is 1.22 bits per heavy atom. The van der Waals surface area contributed by atoms with Crippen molar-refractivity contribution in [1.82, 2.24) is 0 Å². The Kier molecular flexibility index (Phi) is 5.71. The van der Waals surface area contributed by atoms with Gasteiger partial charge in [0.15, 0.2) is 0 Å². The lowest BCUT2D eigenvalue weighted by molar-refractivity contribution is 0.108. The van der Waals surface area contributed by atoms with Crippen molar-refractivity contribution in [1.29, 1.82) is 0 Å². The predicted octanol–water partition coefficient (Wildman–Crippen LogP) is 3.55.